The molecular weight excluding hydrogens is 324 g/mol. The topological polar surface area (TPSA) is 76.1 Å². The van der Waals surface area contributed by atoms with E-state index in [1.54, 1.807) is 11.3 Å². The molecule has 0 aliphatic rings. The zero-order valence-corrected chi connectivity index (χ0v) is 15.8. The molecule has 132 valence electrons. The molecule has 0 unspecified atom stereocenters. The molecule has 24 heavy (non-hydrogen) atoms. The van der Waals surface area contributed by atoms with Gasteiger partial charge >= 0.3 is 0 Å². The van der Waals surface area contributed by atoms with Crippen molar-refractivity contribution < 1.29 is 9.53 Å². The molecule has 0 saturated heterocycles. The van der Waals surface area contributed by atoms with E-state index in [4.69, 9.17) is 4.74 Å². The predicted molar refractivity (Wildman–Crippen MR) is 98.8 cm³/mol. The number of amides is 1. The molecule has 0 atom stereocenters. The minimum Gasteiger partial charge on any atom is -0.379 e. The van der Waals surface area contributed by atoms with Crippen LogP contribution in [0.15, 0.2) is 0 Å². The number of carbonyl (C=O) groups excluding carboxylic acids is 1. The van der Waals surface area contributed by atoms with E-state index in [9.17, 15) is 4.79 Å². The van der Waals surface area contributed by atoms with Gasteiger partial charge in [0, 0.05) is 18.0 Å². The quantitative estimate of drug-likeness (QED) is 0.716. The average molecular weight is 350 g/mol. The maximum Gasteiger partial charge on any atom is 0.239 e. The van der Waals surface area contributed by atoms with E-state index in [0.29, 0.717) is 19.0 Å². The van der Waals surface area contributed by atoms with Crippen molar-refractivity contribution >= 4 is 33.3 Å². The first-order chi connectivity index (χ1) is 11.4. The van der Waals surface area contributed by atoms with E-state index in [1.165, 1.54) is 10.4 Å². The Kier molecular flexibility index (Phi) is 6.51. The second-order valence-electron chi connectivity index (χ2n) is 6.06. The number of aromatic nitrogens is 2. The number of anilines is 1. The van der Waals surface area contributed by atoms with E-state index in [-0.39, 0.29) is 18.6 Å². The molecule has 0 radical (unpaired) electrons. The maximum atomic E-state index is 12.0. The summed E-state index contributed by atoms with van der Waals surface area (Å²) in [5, 5.41) is 7.06. The number of fused-ring (bicyclic) bond motifs is 1. The highest BCUT2D eigenvalue weighted by atomic mass is 32.1. The van der Waals surface area contributed by atoms with Gasteiger partial charge in [0.15, 0.2) is 0 Å². The molecule has 0 bridgehead atoms. The van der Waals surface area contributed by atoms with Crippen molar-refractivity contribution in [2.24, 2.45) is 0 Å². The Balaban J connectivity index is 1.90. The molecule has 2 N–H and O–H groups in total. The number of rotatable bonds is 8. The van der Waals surface area contributed by atoms with Crippen LogP contribution in [0, 0.1) is 20.8 Å². The van der Waals surface area contributed by atoms with Gasteiger partial charge in [-0.1, -0.05) is 0 Å². The Labute approximate surface area is 147 Å². The van der Waals surface area contributed by atoms with Crippen molar-refractivity contribution in [3.63, 3.8) is 0 Å². The fourth-order valence-corrected chi connectivity index (χ4v) is 3.40. The zero-order valence-electron chi connectivity index (χ0n) is 15.0. The van der Waals surface area contributed by atoms with Gasteiger partial charge in [0.1, 0.15) is 16.5 Å². The lowest BCUT2D eigenvalue weighted by atomic mass is 10.2. The molecule has 2 rings (SSSR count). The van der Waals surface area contributed by atoms with Crippen molar-refractivity contribution in [2.75, 3.05) is 25.0 Å². The molecular formula is C17H26N4O2S. The summed E-state index contributed by atoms with van der Waals surface area (Å²) in [5.41, 5.74) is 1.17. The van der Waals surface area contributed by atoms with Crippen molar-refractivity contribution in [1.29, 1.82) is 0 Å². The lowest BCUT2D eigenvalue weighted by Gasteiger charge is -2.10. The SMILES string of the molecule is Cc1nc(NCC(=O)NCCCOC(C)C)c2c(C)c(C)sc2n1. The number of nitrogens with one attached hydrogen (secondary N) is 2. The monoisotopic (exact) mass is 350 g/mol. The van der Waals surface area contributed by atoms with Crippen LogP contribution in [0.5, 0.6) is 0 Å². The highest BCUT2D eigenvalue weighted by Crippen LogP contribution is 2.32. The molecule has 0 aromatic carbocycles. The lowest BCUT2D eigenvalue weighted by Crippen LogP contribution is -2.31. The Morgan fingerprint density at radius 3 is 2.71 bits per heavy atom. The number of nitrogens with zero attached hydrogens (tertiary/aromatic N) is 2. The molecule has 6 nitrogen and oxygen atoms in total. The van der Waals surface area contributed by atoms with E-state index >= 15 is 0 Å². The Bertz CT molecular complexity index is 712. The second-order valence-corrected chi connectivity index (χ2v) is 7.26. The standard InChI is InChI=1S/C17H26N4O2S/c1-10(2)23-8-6-7-18-14(22)9-19-16-15-11(3)12(4)24-17(15)21-13(5)20-16/h10H,6-9H2,1-5H3,(H,18,22)(H,19,20,21). The third-order valence-corrected chi connectivity index (χ3v) is 4.75. The number of aryl methyl sites for hydroxylation is 3. The van der Waals surface area contributed by atoms with Crippen molar-refractivity contribution in [3.8, 4) is 0 Å². The van der Waals surface area contributed by atoms with Gasteiger partial charge in [0.25, 0.3) is 0 Å². The summed E-state index contributed by atoms with van der Waals surface area (Å²) in [6.07, 6.45) is 1.03. The normalized spacial score (nSPS) is 11.2. The average Bonchev–Trinajstić information content (AvgIpc) is 2.78. The molecule has 0 aliphatic carbocycles. The number of ether oxygens (including phenoxy) is 1. The highest BCUT2D eigenvalue weighted by molar-refractivity contribution is 7.18. The van der Waals surface area contributed by atoms with Gasteiger partial charge in [-0.05, 0) is 46.6 Å². The van der Waals surface area contributed by atoms with Crippen LogP contribution in [0.25, 0.3) is 10.2 Å². The molecule has 0 saturated carbocycles. The summed E-state index contributed by atoms with van der Waals surface area (Å²) in [6.45, 7) is 11.5. The maximum absolute atomic E-state index is 12.0. The molecule has 2 heterocycles. The Morgan fingerprint density at radius 1 is 1.25 bits per heavy atom. The summed E-state index contributed by atoms with van der Waals surface area (Å²) in [7, 11) is 0. The summed E-state index contributed by atoms with van der Waals surface area (Å²) < 4.78 is 5.45. The van der Waals surface area contributed by atoms with Crippen LogP contribution < -0.4 is 10.6 Å². The summed E-state index contributed by atoms with van der Waals surface area (Å²) in [4.78, 5) is 23.1. The second kappa shape index (κ2) is 8.39. The van der Waals surface area contributed by atoms with Crippen LogP contribution in [0.3, 0.4) is 0 Å². The number of thiophene rings is 1. The van der Waals surface area contributed by atoms with Gasteiger partial charge in [0.2, 0.25) is 5.91 Å². The number of hydrogen-bond acceptors (Lipinski definition) is 6. The van der Waals surface area contributed by atoms with Gasteiger partial charge in [-0.2, -0.15) is 0 Å². The summed E-state index contributed by atoms with van der Waals surface area (Å²) >= 11 is 1.66. The van der Waals surface area contributed by atoms with E-state index in [1.807, 2.05) is 20.8 Å². The molecule has 7 heteroatoms. The van der Waals surface area contributed by atoms with E-state index < -0.39 is 0 Å². The third kappa shape index (κ3) is 4.88. The first kappa shape index (κ1) is 18.6. The van der Waals surface area contributed by atoms with Gasteiger partial charge in [-0.15, -0.1) is 11.3 Å². The van der Waals surface area contributed by atoms with Gasteiger partial charge in [-0.3, -0.25) is 4.79 Å². The molecule has 0 fully saturated rings. The molecule has 1 amide bonds. The van der Waals surface area contributed by atoms with Crippen molar-refractivity contribution in [3.05, 3.63) is 16.3 Å². The minimum atomic E-state index is -0.0476. The van der Waals surface area contributed by atoms with Gasteiger partial charge < -0.3 is 15.4 Å². The minimum absolute atomic E-state index is 0.0476. The number of hydrogen-bond donors (Lipinski definition) is 2. The van der Waals surface area contributed by atoms with Crippen LogP contribution in [0.4, 0.5) is 5.82 Å². The highest BCUT2D eigenvalue weighted by Gasteiger charge is 2.14. The van der Waals surface area contributed by atoms with Crippen LogP contribution in [0.2, 0.25) is 0 Å². The van der Waals surface area contributed by atoms with Crippen LogP contribution >= 0.6 is 11.3 Å². The molecule has 2 aromatic rings. The zero-order chi connectivity index (χ0) is 17.7. The molecule has 0 aliphatic heterocycles. The third-order valence-electron chi connectivity index (χ3n) is 3.65. The molecule has 0 spiro atoms. The first-order valence-electron chi connectivity index (χ1n) is 8.25. The van der Waals surface area contributed by atoms with Crippen molar-refractivity contribution in [1.82, 2.24) is 15.3 Å². The van der Waals surface area contributed by atoms with Gasteiger partial charge in [-0.25, -0.2) is 9.97 Å². The summed E-state index contributed by atoms with van der Waals surface area (Å²) in [5.74, 6) is 1.39. The van der Waals surface area contributed by atoms with Gasteiger partial charge in [0.05, 0.1) is 18.0 Å². The van der Waals surface area contributed by atoms with Crippen LogP contribution in [-0.4, -0.2) is 41.7 Å². The Morgan fingerprint density at radius 2 is 2.00 bits per heavy atom. The van der Waals surface area contributed by atoms with Crippen molar-refractivity contribution in [2.45, 2.75) is 47.1 Å². The van der Waals surface area contributed by atoms with E-state index in [2.05, 4.69) is 34.4 Å². The lowest BCUT2D eigenvalue weighted by molar-refractivity contribution is -0.119. The largest absolute Gasteiger partial charge is 0.379 e. The smallest absolute Gasteiger partial charge is 0.239 e. The Hall–Kier alpha value is -1.73. The molecule has 2 aromatic heterocycles. The first-order valence-corrected chi connectivity index (χ1v) is 9.06. The van der Waals surface area contributed by atoms with Crippen LogP contribution in [-0.2, 0) is 9.53 Å². The fraction of sp³-hybridized carbons (Fsp3) is 0.588. The van der Waals surface area contributed by atoms with E-state index in [0.717, 1.165) is 22.5 Å². The number of carbonyl (C=O) groups is 1. The fourth-order valence-electron chi connectivity index (χ4n) is 2.33. The predicted octanol–water partition coefficient (Wildman–Crippen LogP) is 2.96. The summed E-state index contributed by atoms with van der Waals surface area (Å²) in [6, 6.07) is 0. The van der Waals surface area contributed by atoms with Crippen LogP contribution in [0.1, 0.15) is 36.5 Å².